The molecule has 0 saturated carbocycles. The molecule has 112 valence electrons. The Morgan fingerprint density at radius 2 is 1.95 bits per heavy atom. The summed E-state index contributed by atoms with van der Waals surface area (Å²) in [5, 5.41) is 4.20. The third kappa shape index (κ3) is 2.33. The average Bonchev–Trinajstić information content (AvgIpc) is 3.01. The van der Waals surface area contributed by atoms with E-state index in [1.165, 1.54) is 4.90 Å². The van der Waals surface area contributed by atoms with E-state index in [2.05, 4.69) is 5.10 Å². The summed E-state index contributed by atoms with van der Waals surface area (Å²) < 4.78 is 1.69. The third-order valence-corrected chi connectivity index (χ3v) is 3.56. The van der Waals surface area contributed by atoms with Gasteiger partial charge >= 0.3 is 0 Å². The fourth-order valence-electron chi connectivity index (χ4n) is 2.62. The number of hydrogen-bond donors (Lipinski definition) is 0. The Kier molecular flexibility index (Phi) is 4.40. The van der Waals surface area contributed by atoms with Crippen LogP contribution in [-0.2, 0) is 16.1 Å². The van der Waals surface area contributed by atoms with Crippen LogP contribution in [0, 0.1) is 6.92 Å². The number of carbonyl (C=O) groups is 2. The molecule has 0 N–H and O–H groups in total. The van der Waals surface area contributed by atoms with Gasteiger partial charge in [-0.15, -0.1) is 0 Å². The molecule has 3 rings (SSSR count). The van der Waals surface area contributed by atoms with E-state index in [9.17, 15) is 9.59 Å². The highest BCUT2D eigenvalue weighted by molar-refractivity contribution is 6.33. The van der Waals surface area contributed by atoms with Crippen LogP contribution < -0.4 is 4.90 Å². The maximum atomic E-state index is 12.4. The highest BCUT2D eigenvalue weighted by Crippen LogP contribution is 2.33. The highest BCUT2D eigenvalue weighted by Gasteiger charge is 2.40. The second kappa shape index (κ2) is 6.08. The number of carbonyl (C=O) groups excluding carboxylic acids is 2. The van der Waals surface area contributed by atoms with Crippen LogP contribution in [0.15, 0.2) is 29.5 Å². The number of amides is 2. The van der Waals surface area contributed by atoms with Crippen molar-refractivity contribution >= 4 is 17.6 Å². The average molecular weight is 287 g/mol. The van der Waals surface area contributed by atoms with E-state index in [0.717, 1.165) is 12.0 Å². The predicted octanol–water partition coefficient (Wildman–Crippen LogP) is 2.76. The molecule has 0 bridgehead atoms. The number of anilines is 1. The number of nitrogens with zero attached hydrogens (tertiary/aromatic N) is 3. The normalized spacial score (nSPS) is 17.0. The summed E-state index contributed by atoms with van der Waals surface area (Å²) in [6.45, 7) is 8.43. The number of aryl methyl sites for hydroxylation is 2. The molecule has 2 amide bonds. The van der Waals surface area contributed by atoms with Crippen molar-refractivity contribution in [3.05, 3.63) is 35.1 Å². The maximum absolute atomic E-state index is 12.4. The molecule has 0 spiro atoms. The first-order valence-electron chi connectivity index (χ1n) is 7.46. The molecule has 1 aromatic rings. The Morgan fingerprint density at radius 1 is 1.24 bits per heavy atom. The van der Waals surface area contributed by atoms with Crippen molar-refractivity contribution in [3.63, 3.8) is 0 Å². The summed E-state index contributed by atoms with van der Waals surface area (Å²) in [4.78, 5) is 26.1. The summed E-state index contributed by atoms with van der Waals surface area (Å²) in [5.41, 5.74) is 2.02. The molecule has 0 unspecified atom stereocenters. The molecule has 1 aliphatic carbocycles. The molecule has 5 nitrogen and oxygen atoms in total. The van der Waals surface area contributed by atoms with Gasteiger partial charge in [0.2, 0.25) is 0 Å². The SMILES string of the molecule is CC.CCn1ncc(C)c1N1C(=O)C2=C(CCC=C2)C1=O. The molecule has 2 aliphatic rings. The quantitative estimate of drug-likeness (QED) is 0.786. The lowest BCUT2D eigenvalue weighted by Crippen LogP contribution is -2.34. The van der Waals surface area contributed by atoms with Gasteiger partial charge in [0.1, 0.15) is 5.82 Å². The van der Waals surface area contributed by atoms with E-state index in [4.69, 9.17) is 0 Å². The molecule has 0 fully saturated rings. The van der Waals surface area contributed by atoms with Gasteiger partial charge in [-0.2, -0.15) is 5.10 Å². The minimum absolute atomic E-state index is 0.192. The van der Waals surface area contributed by atoms with Gasteiger partial charge in [0, 0.05) is 23.3 Å². The summed E-state index contributed by atoms with van der Waals surface area (Å²) in [6.07, 6.45) is 6.86. The fourth-order valence-corrected chi connectivity index (χ4v) is 2.62. The minimum atomic E-state index is -0.228. The Labute approximate surface area is 124 Å². The summed E-state index contributed by atoms with van der Waals surface area (Å²) in [5.74, 6) is 0.178. The van der Waals surface area contributed by atoms with Gasteiger partial charge < -0.3 is 0 Å². The Bertz CT molecular complexity index is 638. The minimum Gasteiger partial charge on any atom is -0.268 e. The van der Waals surface area contributed by atoms with Crippen LogP contribution >= 0.6 is 0 Å². The van der Waals surface area contributed by atoms with Gasteiger partial charge in [-0.1, -0.05) is 26.0 Å². The topological polar surface area (TPSA) is 55.2 Å². The Morgan fingerprint density at radius 3 is 2.57 bits per heavy atom. The van der Waals surface area contributed by atoms with Gasteiger partial charge in [0.15, 0.2) is 0 Å². The molecule has 0 aromatic carbocycles. The van der Waals surface area contributed by atoms with Gasteiger partial charge in [-0.25, -0.2) is 9.58 Å². The molecule has 21 heavy (non-hydrogen) atoms. The first kappa shape index (κ1) is 15.2. The van der Waals surface area contributed by atoms with Crippen molar-refractivity contribution in [1.29, 1.82) is 0 Å². The summed E-state index contributed by atoms with van der Waals surface area (Å²) in [7, 11) is 0. The van der Waals surface area contributed by atoms with E-state index >= 15 is 0 Å². The van der Waals surface area contributed by atoms with Crippen LogP contribution in [-0.4, -0.2) is 21.6 Å². The van der Waals surface area contributed by atoms with Crippen molar-refractivity contribution < 1.29 is 9.59 Å². The molecular formula is C16H21N3O2. The summed E-state index contributed by atoms with van der Waals surface area (Å²) in [6, 6.07) is 0. The first-order chi connectivity index (χ1) is 10.1. The second-order valence-corrected chi connectivity index (χ2v) is 4.75. The molecule has 5 heteroatoms. The van der Waals surface area contributed by atoms with Crippen molar-refractivity contribution in [2.24, 2.45) is 0 Å². The van der Waals surface area contributed by atoms with Crippen LogP contribution in [0.25, 0.3) is 0 Å². The monoisotopic (exact) mass is 287 g/mol. The zero-order chi connectivity index (χ0) is 15.6. The van der Waals surface area contributed by atoms with Crippen molar-refractivity contribution in [2.45, 2.75) is 47.1 Å². The zero-order valence-corrected chi connectivity index (χ0v) is 13.0. The lowest BCUT2D eigenvalue weighted by molar-refractivity contribution is -0.120. The molecule has 0 saturated heterocycles. The second-order valence-electron chi connectivity index (χ2n) is 4.75. The third-order valence-electron chi connectivity index (χ3n) is 3.56. The summed E-state index contributed by atoms with van der Waals surface area (Å²) >= 11 is 0. The fraction of sp³-hybridized carbons (Fsp3) is 0.438. The van der Waals surface area contributed by atoms with Crippen LogP contribution in [0.5, 0.6) is 0 Å². The van der Waals surface area contributed by atoms with E-state index in [1.807, 2.05) is 33.8 Å². The van der Waals surface area contributed by atoms with Crippen molar-refractivity contribution in [3.8, 4) is 0 Å². The van der Waals surface area contributed by atoms with Gasteiger partial charge in [0.25, 0.3) is 11.8 Å². The van der Waals surface area contributed by atoms with E-state index < -0.39 is 0 Å². The molecule has 1 aliphatic heterocycles. The van der Waals surface area contributed by atoms with Crippen LogP contribution in [0.3, 0.4) is 0 Å². The molecule has 0 atom stereocenters. The van der Waals surface area contributed by atoms with Crippen LogP contribution in [0.1, 0.15) is 39.2 Å². The molecule has 1 aromatic heterocycles. The van der Waals surface area contributed by atoms with Crippen molar-refractivity contribution in [1.82, 2.24) is 9.78 Å². The lowest BCUT2D eigenvalue weighted by atomic mass is 10.00. The maximum Gasteiger partial charge on any atom is 0.267 e. The number of allylic oxidation sites excluding steroid dienone is 1. The number of rotatable bonds is 2. The largest absolute Gasteiger partial charge is 0.268 e. The standard InChI is InChI=1S/C14H15N3O2.C2H6/c1-3-16-12(9(2)8-15-16)17-13(18)10-6-4-5-7-11(10)14(17)19;1-2/h4,6,8H,3,5,7H2,1-2H3;1-2H3. The molecular weight excluding hydrogens is 266 g/mol. The van der Waals surface area contributed by atoms with Crippen molar-refractivity contribution in [2.75, 3.05) is 4.90 Å². The van der Waals surface area contributed by atoms with Gasteiger partial charge in [-0.3, -0.25) is 9.59 Å². The van der Waals surface area contributed by atoms with E-state index in [1.54, 1.807) is 17.0 Å². The Hall–Kier alpha value is -2.17. The van der Waals surface area contributed by atoms with Gasteiger partial charge in [-0.05, 0) is 26.7 Å². The zero-order valence-electron chi connectivity index (χ0n) is 13.0. The molecule has 2 heterocycles. The van der Waals surface area contributed by atoms with Crippen LogP contribution in [0.2, 0.25) is 0 Å². The van der Waals surface area contributed by atoms with E-state index in [0.29, 0.717) is 29.9 Å². The number of imide groups is 1. The van der Waals surface area contributed by atoms with Gasteiger partial charge in [0.05, 0.1) is 6.20 Å². The smallest absolute Gasteiger partial charge is 0.267 e. The van der Waals surface area contributed by atoms with Crippen LogP contribution in [0.4, 0.5) is 5.82 Å². The highest BCUT2D eigenvalue weighted by atomic mass is 16.2. The molecule has 0 radical (unpaired) electrons. The predicted molar refractivity (Wildman–Crippen MR) is 81.9 cm³/mol. The number of aromatic nitrogens is 2. The lowest BCUT2D eigenvalue weighted by Gasteiger charge is -2.17. The number of hydrogen-bond acceptors (Lipinski definition) is 3. The van der Waals surface area contributed by atoms with E-state index in [-0.39, 0.29) is 11.8 Å². The first-order valence-corrected chi connectivity index (χ1v) is 7.46. The Balaban J connectivity index is 0.000000774.